The van der Waals surface area contributed by atoms with Gasteiger partial charge in [-0.1, -0.05) is 19.1 Å². The van der Waals surface area contributed by atoms with Gasteiger partial charge in [0.15, 0.2) is 0 Å². The molecule has 6 heteroatoms. The number of halogens is 1. The van der Waals surface area contributed by atoms with E-state index in [9.17, 15) is 9.18 Å². The fourth-order valence-corrected chi connectivity index (χ4v) is 2.93. The maximum absolute atomic E-state index is 13.5. The molecule has 1 heterocycles. The molecule has 1 fully saturated rings. The van der Waals surface area contributed by atoms with Crippen LogP contribution < -0.4 is 15.5 Å². The first-order valence-corrected chi connectivity index (χ1v) is 8.55. The van der Waals surface area contributed by atoms with Crippen LogP contribution in [0, 0.1) is 5.82 Å². The predicted octanol–water partition coefficient (Wildman–Crippen LogP) is 3.61. The van der Waals surface area contributed by atoms with Crippen LogP contribution in [0.5, 0.6) is 0 Å². The summed E-state index contributed by atoms with van der Waals surface area (Å²) in [7, 11) is 0. The smallest absolute Gasteiger partial charge is 0.323 e. The first-order chi connectivity index (χ1) is 12.2. The van der Waals surface area contributed by atoms with Crippen molar-refractivity contribution >= 4 is 23.1 Å². The average molecular weight is 342 g/mol. The third-order valence-electron chi connectivity index (χ3n) is 4.43. The molecular formula is C19H23FN4O. The summed E-state index contributed by atoms with van der Waals surface area (Å²) in [5, 5.41) is 5.23. The van der Waals surface area contributed by atoms with Crippen molar-refractivity contribution in [3.05, 3.63) is 54.3 Å². The molecule has 1 aliphatic rings. The molecule has 132 valence electrons. The second-order valence-electron chi connectivity index (χ2n) is 6.03. The lowest BCUT2D eigenvalue weighted by Gasteiger charge is -2.35. The maximum atomic E-state index is 13.5. The van der Waals surface area contributed by atoms with E-state index in [1.165, 1.54) is 12.1 Å². The minimum Gasteiger partial charge on any atom is -0.369 e. The number of benzene rings is 2. The number of likely N-dealkylation sites (N-methyl/N-ethyl adjacent to an activating group) is 1. The lowest BCUT2D eigenvalue weighted by Crippen LogP contribution is -2.46. The number of para-hydroxylation sites is 1. The second kappa shape index (κ2) is 7.98. The Morgan fingerprint density at radius 1 is 1.00 bits per heavy atom. The van der Waals surface area contributed by atoms with Gasteiger partial charge in [-0.3, -0.25) is 0 Å². The van der Waals surface area contributed by atoms with Crippen LogP contribution in [-0.2, 0) is 0 Å². The van der Waals surface area contributed by atoms with E-state index in [2.05, 4.69) is 27.4 Å². The molecule has 0 unspecified atom stereocenters. The summed E-state index contributed by atoms with van der Waals surface area (Å²) in [6, 6.07) is 13.3. The highest BCUT2D eigenvalue weighted by atomic mass is 19.1. The third-order valence-corrected chi connectivity index (χ3v) is 4.43. The van der Waals surface area contributed by atoms with Crippen molar-refractivity contribution < 1.29 is 9.18 Å². The second-order valence-corrected chi connectivity index (χ2v) is 6.03. The summed E-state index contributed by atoms with van der Waals surface area (Å²) in [6.45, 7) is 7.43. The van der Waals surface area contributed by atoms with Crippen molar-refractivity contribution in [2.45, 2.75) is 6.92 Å². The lowest BCUT2D eigenvalue weighted by molar-refractivity contribution is 0.262. The highest BCUT2D eigenvalue weighted by Crippen LogP contribution is 2.20. The molecule has 0 bridgehead atoms. The summed E-state index contributed by atoms with van der Waals surface area (Å²) < 4.78 is 13.5. The molecule has 1 aliphatic heterocycles. The number of hydrogen-bond donors (Lipinski definition) is 2. The van der Waals surface area contributed by atoms with Gasteiger partial charge < -0.3 is 20.4 Å². The molecule has 25 heavy (non-hydrogen) atoms. The zero-order valence-corrected chi connectivity index (χ0v) is 14.3. The van der Waals surface area contributed by atoms with E-state index >= 15 is 0 Å². The monoisotopic (exact) mass is 342 g/mol. The molecule has 0 aromatic heterocycles. The number of urea groups is 1. The van der Waals surface area contributed by atoms with Crippen molar-refractivity contribution in [2.75, 3.05) is 48.3 Å². The van der Waals surface area contributed by atoms with Gasteiger partial charge in [0.05, 0.1) is 5.69 Å². The van der Waals surface area contributed by atoms with Crippen LogP contribution in [0.1, 0.15) is 6.92 Å². The van der Waals surface area contributed by atoms with Gasteiger partial charge in [-0.15, -0.1) is 0 Å². The van der Waals surface area contributed by atoms with Gasteiger partial charge in [-0.05, 0) is 42.9 Å². The van der Waals surface area contributed by atoms with E-state index in [4.69, 9.17) is 0 Å². The fourth-order valence-electron chi connectivity index (χ4n) is 2.93. The number of nitrogens with one attached hydrogen (secondary N) is 2. The van der Waals surface area contributed by atoms with Crippen LogP contribution in [0.4, 0.5) is 26.2 Å². The number of rotatable bonds is 4. The number of carbonyl (C=O) groups excluding carboxylic acids is 1. The van der Waals surface area contributed by atoms with Gasteiger partial charge in [0, 0.05) is 37.6 Å². The van der Waals surface area contributed by atoms with Crippen LogP contribution in [0.15, 0.2) is 48.5 Å². The van der Waals surface area contributed by atoms with Gasteiger partial charge in [0.2, 0.25) is 0 Å². The molecule has 2 aromatic rings. The fraction of sp³-hybridized carbons (Fsp3) is 0.316. The zero-order chi connectivity index (χ0) is 17.6. The molecule has 2 aromatic carbocycles. The zero-order valence-electron chi connectivity index (χ0n) is 14.3. The van der Waals surface area contributed by atoms with Crippen molar-refractivity contribution in [1.82, 2.24) is 4.90 Å². The average Bonchev–Trinajstić information content (AvgIpc) is 2.64. The van der Waals surface area contributed by atoms with Crippen LogP contribution in [0.3, 0.4) is 0 Å². The minimum absolute atomic E-state index is 0.158. The van der Waals surface area contributed by atoms with E-state index < -0.39 is 11.8 Å². The van der Waals surface area contributed by atoms with E-state index in [1.807, 2.05) is 24.3 Å². The molecule has 0 saturated carbocycles. The molecule has 2 amide bonds. The van der Waals surface area contributed by atoms with E-state index in [0.717, 1.165) is 38.4 Å². The van der Waals surface area contributed by atoms with Gasteiger partial charge in [0.25, 0.3) is 0 Å². The number of hydrogen-bond acceptors (Lipinski definition) is 3. The minimum atomic E-state index is -0.464. The van der Waals surface area contributed by atoms with E-state index in [1.54, 1.807) is 12.1 Å². The Morgan fingerprint density at radius 2 is 1.68 bits per heavy atom. The number of carbonyl (C=O) groups is 1. The third kappa shape index (κ3) is 4.48. The summed E-state index contributed by atoms with van der Waals surface area (Å²) in [5.41, 5.74) is 1.98. The molecule has 0 atom stereocenters. The van der Waals surface area contributed by atoms with Crippen LogP contribution in [0.2, 0.25) is 0 Å². The molecule has 5 nitrogen and oxygen atoms in total. The van der Waals surface area contributed by atoms with Gasteiger partial charge in [-0.25, -0.2) is 9.18 Å². The van der Waals surface area contributed by atoms with Crippen molar-refractivity contribution in [2.24, 2.45) is 0 Å². The van der Waals surface area contributed by atoms with Crippen LogP contribution >= 0.6 is 0 Å². The number of nitrogens with zero attached hydrogens (tertiary/aromatic N) is 2. The molecule has 0 aliphatic carbocycles. The summed E-state index contributed by atoms with van der Waals surface area (Å²) >= 11 is 0. The topological polar surface area (TPSA) is 47.6 Å². The Bertz CT molecular complexity index is 712. The quantitative estimate of drug-likeness (QED) is 0.892. The van der Waals surface area contributed by atoms with Crippen LogP contribution in [-0.4, -0.2) is 43.7 Å². The van der Waals surface area contributed by atoms with E-state index in [0.29, 0.717) is 5.69 Å². The van der Waals surface area contributed by atoms with Gasteiger partial charge in [-0.2, -0.15) is 0 Å². The summed E-state index contributed by atoms with van der Waals surface area (Å²) in [4.78, 5) is 16.8. The maximum Gasteiger partial charge on any atom is 0.323 e. The molecule has 2 N–H and O–H groups in total. The van der Waals surface area contributed by atoms with Gasteiger partial charge >= 0.3 is 6.03 Å². The Morgan fingerprint density at radius 3 is 2.32 bits per heavy atom. The highest BCUT2D eigenvalue weighted by molar-refractivity contribution is 5.99. The number of piperazine rings is 1. The highest BCUT2D eigenvalue weighted by Gasteiger charge is 2.15. The first kappa shape index (κ1) is 17.2. The SMILES string of the molecule is CCN1CCN(c2ccc(NC(=O)Nc3ccccc3F)cc2)CC1. The summed E-state index contributed by atoms with van der Waals surface area (Å²) in [5.74, 6) is -0.459. The van der Waals surface area contributed by atoms with Gasteiger partial charge in [0.1, 0.15) is 5.82 Å². The Kier molecular flexibility index (Phi) is 5.50. The number of anilines is 3. The van der Waals surface area contributed by atoms with Crippen molar-refractivity contribution in [1.29, 1.82) is 0 Å². The predicted molar refractivity (Wildman–Crippen MR) is 99.8 cm³/mol. The Hall–Kier alpha value is -2.60. The molecule has 0 radical (unpaired) electrons. The molecule has 3 rings (SSSR count). The Labute approximate surface area is 147 Å². The van der Waals surface area contributed by atoms with E-state index in [-0.39, 0.29) is 5.69 Å². The molecule has 0 spiro atoms. The molecule has 1 saturated heterocycles. The summed E-state index contributed by atoms with van der Waals surface area (Å²) in [6.07, 6.45) is 0. The van der Waals surface area contributed by atoms with Crippen LogP contribution in [0.25, 0.3) is 0 Å². The number of amides is 2. The lowest BCUT2D eigenvalue weighted by atomic mass is 10.2. The Balaban J connectivity index is 1.56. The largest absolute Gasteiger partial charge is 0.369 e. The van der Waals surface area contributed by atoms with Crippen molar-refractivity contribution in [3.63, 3.8) is 0 Å². The standard InChI is InChI=1S/C19H23FN4O/c1-2-23-11-13-24(14-12-23)16-9-7-15(8-10-16)21-19(25)22-18-6-4-3-5-17(18)20/h3-10H,2,11-14H2,1H3,(H2,21,22,25). The van der Waals surface area contributed by atoms with Crippen molar-refractivity contribution in [3.8, 4) is 0 Å². The normalized spacial score (nSPS) is 15.0. The first-order valence-electron chi connectivity index (χ1n) is 8.55. The molecular weight excluding hydrogens is 319 g/mol.